The molecule has 3 aliphatic heterocycles. The van der Waals surface area contributed by atoms with Gasteiger partial charge in [0, 0.05) is 49.2 Å². The van der Waals surface area contributed by atoms with Crippen molar-refractivity contribution in [2.24, 2.45) is 4.99 Å². The number of carbonyl (C=O) groups excluding carboxylic acids is 1. The summed E-state index contributed by atoms with van der Waals surface area (Å²) in [7, 11) is -2.95. The topological polar surface area (TPSA) is 82.1 Å². The smallest absolute Gasteiger partial charge is 0.253 e. The summed E-state index contributed by atoms with van der Waals surface area (Å²) in [5.74, 6) is 0.397. The number of hydrogen-bond acceptors (Lipinski definition) is 7. The maximum Gasteiger partial charge on any atom is 0.253 e. The number of nitrogens with zero attached hydrogens (tertiary/aromatic N) is 3. The average Bonchev–Trinajstić information content (AvgIpc) is 3.27. The first-order chi connectivity index (χ1) is 15.4. The summed E-state index contributed by atoms with van der Waals surface area (Å²) in [6.07, 6.45) is 0. The Hall–Kier alpha value is -2.36. The lowest BCUT2D eigenvalue weighted by Gasteiger charge is -2.34. The number of carbonyl (C=O) groups is 1. The van der Waals surface area contributed by atoms with E-state index < -0.39 is 9.84 Å². The van der Waals surface area contributed by atoms with Gasteiger partial charge in [0.1, 0.15) is 0 Å². The zero-order valence-corrected chi connectivity index (χ0v) is 19.3. The summed E-state index contributed by atoms with van der Waals surface area (Å²) in [5.41, 5.74) is 2.82. The van der Waals surface area contributed by atoms with Gasteiger partial charge in [-0.1, -0.05) is 42.1 Å². The Kier molecular flexibility index (Phi) is 5.96. The fourth-order valence-corrected chi connectivity index (χ4v) is 8.04. The van der Waals surface area contributed by atoms with Crippen molar-refractivity contribution in [2.45, 2.75) is 17.8 Å². The number of amides is 1. The fraction of sp³-hybridized carbons (Fsp3) is 0.391. The minimum absolute atomic E-state index is 0.0175. The summed E-state index contributed by atoms with van der Waals surface area (Å²) in [5, 5.41) is 4.03. The number of sulfone groups is 1. The van der Waals surface area contributed by atoms with Gasteiger partial charge in [0.05, 0.1) is 17.5 Å². The number of thioether (sulfide) groups is 1. The molecule has 1 N–H and O–H groups in total. The number of piperazine rings is 1. The van der Waals surface area contributed by atoms with E-state index >= 15 is 0 Å². The molecule has 3 heterocycles. The molecule has 168 valence electrons. The van der Waals surface area contributed by atoms with Gasteiger partial charge in [-0.05, 0) is 29.8 Å². The Balaban J connectivity index is 1.13. The molecule has 0 aromatic heterocycles. The zero-order chi connectivity index (χ0) is 22.1. The molecular formula is C23H26N4O3S2. The standard InChI is InChI=1S/C23H26N4O3S2/c28-22(27-12-10-26(11-13-27)14-17-4-2-1-3-5-17)18-6-8-19(9-7-18)24-23-25-20-15-32(29,30)16-21(20)31-23/h1-9,20-21H,10-16H2,(H,24,25)/t20-,21+/m0/s1. The van der Waals surface area contributed by atoms with Gasteiger partial charge in [-0.2, -0.15) is 0 Å². The minimum atomic E-state index is -2.95. The Bertz CT molecular complexity index is 1110. The van der Waals surface area contributed by atoms with Gasteiger partial charge in [0.25, 0.3) is 5.91 Å². The summed E-state index contributed by atoms with van der Waals surface area (Å²) in [6, 6.07) is 17.7. The Morgan fingerprint density at radius 1 is 1.00 bits per heavy atom. The number of benzene rings is 2. The number of rotatable bonds is 4. The average molecular weight is 471 g/mol. The molecular weight excluding hydrogens is 444 g/mol. The lowest BCUT2D eigenvalue weighted by molar-refractivity contribution is 0.0628. The van der Waals surface area contributed by atoms with Gasteiger partial charge in [-0.3, -0.25) is 14.7 Å². The third-order valence-corrected chi connectivity index (χ3v) is 9.25. The van der Waals surface area contributed by atoms with Gasteiger partial charge in [-0.15, -0.1) is 0 Å². The molecule has 0 spiro atoms. The maximum atomic E-state index is 12.9. The Morgan fingerprint density at radius 3 is 2.41 bits per heavy atom. The number of hydrogen-bond donors (Lipinski definition) is 1. The summed E-state index contributed by atoms with van der Waals surface area (Å²) in [4.78, 5) is 21.7. The van der Waals surface area contributed by atoms with Crippen LogP contribution >= 0.6 is 11.8 Å². The lowest BCUT2D eigenvalue weighted by Crippen LogP contribution is -2.48. The molecule has 0 unspecified atom stereocenters. The highest BCUT2D eigenvalue weighted by Crippen LogP contribution is 2.34. The van der Waals surface area contributed by atoms with E-state index in [1.165, 1.54) is 17.3 Å². The monoisotopic (exact) mass is 470 g/mol. The maximum absolute atomic E-state index is 12.9. The SMILES string of the molecule is O=C(c1ccc(NC2=N[C@H]3CS(=O)(=O)C[C@H]3S2)cc1)N1CCN(Cc2ccccc2)CC1. The molecule has 2 aromatic carbocycles. The van der Waals surface area contributed by atoms with Crippen molar-refractivity contribution in [3.63, 3.8) is 0 Å². The number of amidine groups is 1. The van der Waals surface area contributed by atoms with Crippen LogP contribution in [0.2, 0.25) is 0 Å². The van der Waals surface area contributed by atoms with Crippen LogP contribution in [0.5, 0.6) is 0 Å². The van der Waals surface area contributed by atoms with E-state index in [-0.39, 0.29) is 28.7 Å². The van der Waals surface area contributed by atoms with Gasteiger partial charge < -0.3 is 10.2 Å². The number of fused-ring (bicyclic) bond motifs is 1. The molecule has 0 saturated carbocycles. The van der Waals surface area contributed by atoms with E-state index in [1.807, 2.05) is 35.2 Å². The molecule has 1 amide bonds. The van der Waals surface area contributed by atoms with Crippen LogP contribution in [0.15, 0.2) is 59.6 Å². The molecule has 9 heteroatoms. The van der Waals surface area contributed by atoms with Gasteiger partial charge in [0.15, 0.2) is 15.0 Å². The number of anilines is 1. The lowest BCUT2D eigenvalue weighted by atomic mass is 10.1. The second-order valence-corrected chi connectivity index (χ2v) is 11.9. The summed E-state index contributed by atoms with van der Waals surface area (Å²) >= 11 is 1.49. The molecule has 2 saturated heterocycles. The van der Waals surface area contributed by atoms with E-state index in [9.17, 15) is 13.2 Å². The van der Waals surface area contributed by atoms with Crippen LogP contribution in [-0.2, 0) is 16.4 Å². The first kappa shape index (κ1) is 21.5. The van der Waals surface area contributed by atoms with E-state index in [0.29, 0.717) is 5.56 Å². The van der Waals surface area contributed by atoms with Crippen molar-refractivity contribution >= 4 is 38.4 Å². The highest BCUT2D eigenvalue weighted by molar-refractivity contribution is 8.15. The van der Waals surface area contributed by atoms with E-state index in [4.69, 9.17) is 0 Å². The molecule has 2 aromatic rings. The molecule has 0 bridgehead atoms. The van der Waals surface area contributed by atoms with Crippen LogP contribution in [0, 0.1) is 0 Å². The first-order valence-corrected chi connectivity index (χ1v) is 13.5. The minimum Gasteiger partial charge on any atom is -0.336 e. The van der Waals surface area contributed by atoms with Crippen molar-refractivity contribution in [3.05, 3.63) is 65.7 Å². The van der Waals surface area contributed by atoms with Crippen LogP contribution in [0.1, 0.15) is 15.9 Å². The molecule has 32 heavy (non-hydrogen) atoms. The highest BCUT2D eigenvalue weighted by atomic mass is 32.2. The van der Waals surface area contributed by atoms with Gasteiger partial charge in [-0.25, -0.2) is 8.42 Å². The number of aliphatic imine (C=N–C) groups is 1. The van der Waals surface area contributed by atoms with Crippen LogP contribution in [0.25, 0.3) is 0 Å². The second-order valence-electron chi connectivity index (χ2n) is 8.49. The fourth-order valence-electron chi connectivity index (χ4n) is 4.37. The zero-order valence-electron chi connectivity index (χ0n) is 17.7. The second kappa shape index (κ2) is 8.88. The van der Waals surface area contributed by atoms with Crippen molar-refractivity contribution in [3.8, 4) is 0 Å². The molecule has 2 atom stereocenters. The molecule has 0 aliphatic carbocycles. The van der Waals surface area contributed by atoms with E-state index in [2.05, 4.69) is 39.5 Å². The predicted molar refractivity (Wildman–Crippen MR) is 129 cm³/mol. The molecule has 7 nitrogen and oxygen atoms in total. The summed E-state index contributed by atoms with van der Waals surface area (Å²) in [6.45, 7) is 4.11. The molecule has 5 rings (SSSR count). The Labute approximate surface area is 192 Å². The van der Waals surface area contributed by atoms with Crippen molar-refractivity contribution in [2.75, 3.05) is 43.0 Å². The van der Waals surface area contributed by atoms with Crippen molar-refractivity contribution in [1.29, 1.82) is 0 Å². The highest BCUT2D eigenvalue weighted by Gasteiger charge is 2.42. The van der Waals surface area contributed by atoms with Crippen LogP contribution in [-0.4, -0.2) is 78.3 Å². The quantitative estimate of drug-likeness (QED) is 0.739. The molecule has 0 radical (unpaired) electrons. The number of nitrogens with one attached hydrogen (secondary N) is 1. The van der Waals surface area contributed by atoms with Crippen molar-refractivity contribution in [1.82, 2.24) is 9.80 Å². The van der Waals surface area contributed by atoms with Gasteiger partial charge in [0.2, 0.25) is 0 Å². The van der Waals surface area contributed by atoms with E-state index in [0.717, 1.165) is 43.6 Å². The summed E-state index contributed by atoms with van der Waals surface area (Å²) < 4.78 is 23.4. The third kappa shape index (κ3) is 4.84. The third-order valence-electron chi connectivity index (χ3n) is 6.11. The van der Waals surface area contributed by atoms with Crippen molar-refractivity contribution < 1.29 is 13.2 Å². The largest absolute Gasteiger partial charge is 0.336 e. The molecule has 2 fully saturated rings. The predicted octanol–water partition coefficient (Wildman–Crippen LogP) is 2.32. The first-order valence-electron chi connectivity index (χ1n) is 10.8. The Morgan fingerprint density at radius 2 is 1.72 bits per heavy atom. The van der Waals surface area contributed by atoms with Gasteiger partial charge >= 0.3 is 0 Å². The van der Waals surface area contributed by atoms with Crippen LogP contribution in [0.3, 0.4) is 0 Å². The molecule has 3 aliphatic rings. The normalized spacial score (nSPS) is 24.8. The van der Waals surface area contributed by atoms with Crippen LogP contribution in [0.4, 0.5) is 5.69 Å². The van der Waals surface area contributed by atoms with E-state index in [1.54, 1.807) is 0 Å². The van der Waals surface area contributed by atoms with Crippen LogP contribution < -0.4 is 5.32 Å².